The number of hydrogen-bond acceptors (Lipinski definition) is 0. The lowest BCUT2D eigenvalue weighted by Gasteiger charge is -2.05. The monoisotopic (exact) mass is 406 g/mol. The van der Waals surface area contributed by atoms with Gasteiger partial charge in [0, 0.05) is 19.8 Å². The van der Waals surface area contributed by atoms with Crippen LogP contribution in [-0.2, 0) is 10.7 Å². The van der Waals surface area contributed by atoms with Gasteiger partial charge < -0.3 is 0 Å². The molecule has 0 saturated heterocycles. The van der Waals surface area contributed by atoms with Gasteiger partial charge in [0.05, 0.1) is 0 Å². The largest absolute Gasteiger partial charge is 0.206 e. The van der Waals surface area contributed by atoms with Gasteiger partial charge in [-0.05, 0) is 34.2 Å². The molecule has 0 aromatic heterocycles. The zero-order valence-electron chi connectivity index (χ0n) is 6.08. The molecule has 12 heavy (non-hydrogen) atoms. The second-order valence-corrected chi connectivity index (χ2v) is 4.55. The Bertz CT molecular complexity index is 289. The molecule has 0 bridgehead atoms. The van der Waals surface area contributed by atoms with Crippen molar-refractivity contribution < 1.29 is 4.39 Å². The number of alkyl halides is 2. The van der Waals surface area contributed by atoms with Gasteiger partial charge in [-0.1, -0.05) is 37.9 Å². The minimum Gasteiger partial charge on any atom is -0.206 e. The van der Waals surface area contributed by atoms with E-state index in [2.05, 4.69) is 54.5 Å². The van der Waals surface area contributed by atoms with Crippen LogP contribution in [0.25, 0.3) is 0 Å². The third kappa shape index (κ3) is 2.20. The minimum absolute atomic E-state index is 0.101. The Labute approximate surface area is 101 Å². The third-order valence-electron chi connectivity index (χ3n) is 1.54. The Morgan fingerprint density at radius 1 is 1.25 bits per heavy atom. The summed E-state index contributed by atoms with van der Waals surface area (Å²) in [6.07, 6.45) is 0. The molecule has 0 amide bonds. The smallest absolute Gasteiger partial charge is 0.132 e. The van der Waals surface area contributed by atoms with E-state index in [0.29, 0.717) is 16.2 Å². The van der Waals surface area contributed by atoms with Crippen molar-refractivity contribution in [2.45, 2.75) is 10.7 Å². The van der Waals surface area contributed by atoms with Gasteiger partial charge in [0.15, 0.2) is 0 Å². The summed E-state index contributed by atoms with van der Waals surface area (Å²) >= 11 is 8.63. The highest BCUT2D eigenvalue weighted by Crippen LogP contribution is 2.23. The maximum absolute atomic E-state index is 13.5. The Balaban J connectivity index is 3.24. The van der Waals surface area contributed by atoms with Gasteiger partial charge in [-0.3, -0.25) is 0 Å². The fourth-order valence-electron chi connectivity index (χ4n) is 0.872. The van der Waals surface area contributed by atoms with Gasteiger partial charge in [0.1, 0.15) is 5.82 Å². The summed E-state index contributed by atoms with van der Waals surface area (Å²) in [6.45, 7) is 0. The van der Waals surface area contributed by atoms with Crippen LogP contribution in [0, 0.1) is 9.39 Å². The first-order valence-corrected chi connectivity index (χ1v) is 6.60. The van der Waals surface area contributed by atoms with Crippen molar-refractivity contribution in [3.8, 4) is 0 Å². The maximum Gasteiger partial charge on any atom is 0.132 e. The Kier molecular flexibility index (Phi) is 4.46. The van der Waals surface area contributed by atoms with E-state index < -0.39 is 0 Å². The molecular formula is C8H6Br2FI. The first kappa shape index (κ1) is 10.9. The van der Waals surface area contributed by atoms with Crippen molar-refractivity contribution in [3.63, 3.8) is 0 Å². The number of benzene rings is 1. The third-order valence-corrected chi connectivity index (χ3v) is 3.72. The van der Waals surface area contributed by atoms with Gasteiger partial charge in [-0.2, -0.15) is 0 Å². The van der Waals surface area contributed by atoms with Crippen molar-refractivity contribution >= 4 is 54.5 Å². The van der Waals surface area contributed by atoms with Crippen molar-refractivity contribution in [1.82, 2.24) is 0 Å². The SMILES string of the molecule is Fc1c(CBr)ccc(I)c1CBr. The minimum atomic E-state index is -0.101. The average Bonchev–Trinajstić information content (AvgIpc) is 2.06. The van der Waals surface area contributed by atoms with Crippen LogP contribution in [0.2, 0.25) is 0 Å². The van der Waals surface area contributed by atoms with E-state index in [4.69, 9.17) is 0 Å². The van der Waals surface area contributed by atoms with E-state index in [1.165, 1.54) is 0 Å². The predicted octanol–water partition coefficient (Wildman–Crippen LogP) is 4.22. The van der Waals surface area contributed by atoms with E-state index >= 15 is 0 Å². The Hall–Kier alpha value is 0.840. The number of halogens is 4. The summed E-state index contributed by atoms with van der Waals surface area (Å²) in [5.74, 6) is -0.101. The topological polar surface area (TPSA) is 0 Å². The molecule has 0 unspecified atom stereocenters. The lowest BCUT2D eigenvalue weighted by atomic mass is 10.1. The van der Waals surface area contributed by atoms with E-state index in [9.17, 15) is 4.39 Å². The highest BCUT2D eigenvalue weighted by atomic mass is 127. The van der Waals surface area contributed by atoms with Crippen LogP contribution in [0.5, 0.6) is 0 Å². The molecule has 0 aliphatic carbocycles. The van der Waals surface area contributed by atoms with Crippen LogP contribution in [-0.4, -0.2) is 0 Å². The molecular weight excluding hydrogens is 402 g/mol. The van der Waals surface area contributed by atoms with Gasteiger partial charge in [-0.25, -0.2) is 4.39 Å². The highest BCUT2D eigenvalue weighted by molar-refractivity contribution is 14.1. The van der Waals surface area contributed by atoms with E-state index in [-0.39, 0.29) is 5.82 Å². The molecule has 0 spiro atoms. The van der Waals surface area contributed by atoms with E-state index in [1.54, 1.807) is 6.07 Å². The van der Waals surface area contributed by atoms with Gasteiger partial charge in [0.25, 0.3) is 0 Å². The van der Waals surface area contributed by atoms with Crippen molar-refractivity contribution in [2.24, 2.45) is 0 Å². The molecule has 1 aromatic rings. The first-order chi connectivity index (χ1) is 5.70. The second kappa shape index (κ2) is 4.91. The molecule has 1 aromatic carbocycles. The molecule has 0 aliphatic heterocycles. The number of hydrogen-bond donors (Lipinski definition) is 0. The summed E-state index contributed by atoms with van der Waals surface area (Å²) in [7, 11) is 0. The van der Waals surface area contributed by atoms with Crippen molar-refractivity contribution in [1.29, 1.82) is 0 Å². The van der Waals surface area contributed by atoms with Crippen LogP contribution in [0.3, 0.4) is 0 Å². The normalized spacial score (nSPS) is 10.3. The van der Waals surface area contributed by atoms with E-state index in [1.807, 2.05) is 6.07 Å². The zero-order chi connectivity index (χ0) is 9.14. The number of rotatable bonds is 2. The zero-order valence-corrected chi connectivity index (χ0v) is 11.4. The van der Waals surface area contributed by atoms with Gasteiger partial charge >= 0.3 is 0 Å². The molecule has 66 valence electrons. The summed E-state index contributed by atoms with van der Waals surface area (Å²) in [4.78, 5) is 0. The molecule has 0 heterocycles. The molecule has 0 atom stereocenters. The molecule has 0 saturated carbocycles. The molecule has 0 N–H and O–H groups in total. The van der Waals surface area contributed by atoms with Gasteiger partial charge in [-0.15, -0.1) is 0 Å². The predicted molar refractivity (Wildman–Crippen MR) is 64.4 cm³/mol. The molecule has 0 radical (unpaired) electrons. The second-order valence-electron chi connectivity index (χ2n) is 2.27. The summed E-state index contributed by atoms with van der Waals surface area (Å²) in [6, 6.07) is 3.73. The fraction of sp³-hybridized carbons (Fsp3) is 0.250. The van der Waals surface area contributed by atoms with Crippen LogP contribution < -0.4 is 0 Å². The maximum atomic E-state index is 13.5. The average molecular weight is 408 g/mol. The summed E-state index contributed by atoms with van der Waals surface area (Å²) < 4.78 is 14.4. The fourth-order valence-corrected chi connectivity index (χ4v) is 2.98. The van der Waals surface area contributed by atoms with Gasteiger partial charge in [0.2, 0.25) is 0 Å². The molecule has 0 nitrogen and oxygen atoms in total. The molecule has 0 aliphatic rings. The van der Waals surface area contributed by atoms with Crippen molar-refractivity contribution in [2.75, 3.05) is 0 Å². The van der Waals surface area contributed by atoms with E-state index in [0.717, 1.165) is 9.13 Å². The quantitative estimate of drug-likeness (QED) is 0.508. The standard InChI is InChI=1S/C8H6Br2FI/c9-3-5-1-2-7(12)6(4-10)8(5)11/h1-2H,3-4H2. The summed E-state index contributed by atoms with van der Waals surface area (Å²) in [5.41, 5.74) is 1.46. The molecule has 1 rings (SSSR count). The molecule has 0 fully saturated rings. The lowest BCUT2D eigenvalue weighted by Crippen LogP contribution is -1.95. The van der Waals surface area contributed by atoms with Crippen LogP contribution >= 0.6 is 54.5 Å². The Morgan fingerprint density at radius 3 is 2.42 bits per heavy atom. The van der Waals surface area contributed by atoms with Crippen LogP contribution in [0.15, 0.2) is 12.1 Å². The van der Waals surface area contributed by atoms with Crippen LogP contribution in [0.4, 0.5) is 4.39 Å². The Morgan fingerprint density at radius 2 is 1.92 bits per heavy atom. The van der Waals surface area contributed by atoms with Crippen LogP contribution in [0.1, 0.15) is 11.1 Å². The molecule has 4 heteroatoms. The highest BCUT2D eigenvalue weighted by Gasteiger charge is 2.09. The summed E-state index contributed by atoms with van der Waals surface area (Å²) in [5, 5.41) is 1.13. The first-order valence-electron chi connectivity index (χ1n) is 3.28. The van der Waals surface area contributed by atoms with Crippen molar-refractivity contribution in [3.05, 3.63) is 32.6 Å². The lowest BCUT2D eigenvalue weighted by molar-refractivity contribution is 0.606.